The number of amides is 1. The van der Waals surface area contributed by atoms with Crippen LogP contribution in [0, 0.1) is 0 Å². The second-order valence-electron chi connectivity index (χ2n) is 2.42. The van der Waals surface area contributed by atoms with E-state index in [2.05, 4.69) is 4.84 Å². The van der Waals surface area contributed by atoms with Crippen LogP contribution in [0.2, 0.25) is 0 Å². The number of nitrogens with zero attached hydrogens (tertiary/aromatic N) is 1. The topological polar surface area (TPSA) is 43.4 Å². The minimum Gasteiger partial charge on any atom is -0.259 e. The standard InChI is InChI=1S/C5H7F3NO3/c1-9(2,3-10)12-4(11)5(6,7)8/h3H,1-2H3/q+1. The van der Waals surface area contributed by atoms with Gasteiger partial charge >= 0.3 is 18.6 Å². The normalized spacial score (nSPS) is 12.4. The predicted molar refractivity (Wildman–Crippen MR) is 30.3 cm³/mol. The van der Waals surface area contributed by atoms with Crippen LogP contribution in [0.1, 0.15) is 0 Å². The second-order valence-corrected chi connectivity index (χ2v) is 2.42. The summed E-state index contributed by atoms with van der Waals surface area (Å²) in [4.78, 5) is 23.9. The first kappa shape index (κ1) is 10.9. The van der Waals surface area contributed by atoms with Gasteiger partial charge in [0, 0.05) is 0 Å². The zero-order valence-corrected chi connectivity index (χ0v) is 6.38. The van der Waals surface area contributed by atoms with Gasteiger partial charge in [-0.2, -0.15) is 13.2 Å². The van der Waals surface area contributed by atoms with Crippen LogP contribution in [0.4, 0.5) is 13.2 Å². The summed E-state index contributed by atoms with van der Waals surface area (Å²) in [6.07, 6.45) is -5.01. The highest BCUT2D eigenvalue weighted by Crippen LogP contribution is 2.17. The second kappa shape index (κ2) is 3.10. The highest BCUT2D eigenvalue weighted by atomic mass is 19.4. The number of carbonyl (C=O) groups excluding carboxylic acids is 2. The fourth-order valence-electron chi connectivity index (χ4n) is 0.287. The van der Waals surface area contributed by atoms with Gasteiger partial charge in [0.1, 0.15) is 14.1 Å². The van der Waals surface area contributed by atoms with Crippen molar-refractivity contribution < 1.29 is 32.2 Å². The summed E-state index contributed by atoms with van der Waals surface area (Å²) in [5.41, 5.74) is 0. The molecule has 0 aromatic carbocycles. The number of hydrogen-bond donors (Lipinski definition) is 0. The molecule has 0 saturated carbocycles. The van der Waals surface area contributed by atoms with E-state index in [1.54, 1.807) is 0 Å². The summed E-state index contributed by atoms with van der Waals surface area (Å²) in [7, 11) is 1.99. The molecule has 0 N–H and O–H groups in total. The van der Waals surface area contributed by atoms with Crippen LogP contribution in [0.25, 0.3) is 0 Å². The molecule has 0 spiro atoms. The van der Waals surface area contributed by atoms with Gasteiger partial charge in [-0.15, -0.1) is 0 Å². The number of alkyl halides is 3. The molecule has 7 heteroatoms. The Bertz CT molecular complexity index is 199. The highest BCUT2D eigenvalue weighted by Gasteiger charge is 2.45. The van der Waals surface area contributed by atoms with Gasteiger partial charge in [0.2, 0.25) is 0 Å². The van der Waals surface area contributed by atoms with E-state index in [4.69, 9.17) is 0 Å². The lowest BCUT2D eigenvalue weighted by Crippen LogP contribution is -2.44. The molecule has 0 unspecified atom stereocenters. The molecule has 0 radical (unpaired) electrons. The first-order chi connectivity index (χ1) is 5.19. The van der Waals surface area contributed by atoms with Crippen LogP contribution in [0.15, 0.2) is 0 Å². The van der Waals surface area contributed by atoms with Crippen molar-refractivity contribution in [3.05, 3.63) is 0 Å². The minimum absolute atomic E-state index is 0.0592. The van der Waals surface area contributed by atoms with Crippen molar-refractivity contribution in [1.29, 1.82) is 0 Å². The summed E-state index contributed by atoms with van der Waals surface area (Å²) in [6, 6.07) is 0. The maximum absolute atomic E-state index is 11.5. The van der Waals surface area contributed by atoms with Gasteiger partial charge in [0.25, 0.3) is 0 Å². The summed E-state index contributed by atoms with van der Waals surface area (Å²) >= 11 is 0. The SMILES string of the molecule is C[N+](C)(C=O)OC(=O)C(F)(F)F. The number of carbonyl (C=O) groups is 2. The number of quaternary nitrogens is 1. The van der Waals surface area contributed by atoms with Crippen molar-refractivity contribution in [1.82, 2.24) is 0 Å². The summed E-state index contributed by atoms with van der Waals surface area (Å²) in [5, 5.41) is 0. The van der Waals surface area contributed by atoms with Gasteiger partial charge in [0.05, 0.1) is 0 Å². The van der Waals surface area contributed by atoms with Crippen molar-refractivity contribution in [3.63, 3.8) is 0 Å². The van der Waals surface area contributed by atoms with E-state index < -0.39 is 16.8 Å². The molecule has 12 heavy (non-hydrogen) atoms. The molecule has 0 rings (SSSR count). The Hall–Kier alpha value is -1.11. The van der Waals surface area contributed by atoms with Crippen LogP contribution >= 0.6 is 0 Å². The molecule has 0 aromatic heterocycles. The zero-order valence-electron chi connectivity index (χ0n) is 6.38. The molecule has 0 aliphatic carbocycles. The fraction of sp³-hybridized carbons (Fsp3) is 0.600. The Morgan fingerprint density at radius 1 is 1.42 bits per heavy atom. The van der Waals surface area contributed by atoms with Crippen LogP contribution in [0.5, 0.6) is 0 Å². The molecule has 0 saturated heterocycles. The van der Waals surface area contributed by atoms with E-state index in [1.807, 2.05) is 0 Å². The van der Waals surface area contributed by atoms with E-state index in [0.717, 1.165) is 14.1 Å². The fourth-order valence-corrected chi connectivity index (χ4v) is 0.287. The van der Waals surface area contributed by atoms with E-state index in [1.165, 1.54) is 0 Å². The van der Waals surface area contributed by atoms with Crippen LogP contribution in [-0.2, 0) is 14.4 Å². The highest BCUT2D eigenvalue weighted by molar-refractivity contribution is 5.75. The summed E-state index contributed by atoms with van der Waals surface area (Å²) < 4.78 is 33.4. The van der Waals surface area contributed by atoms with Crippen LogP contribution in [0.3, 0.4) is 0 Å². The predicted octanol–water partition coefficient (Wildman–Crippen LogP) is 0.240. The molecule has 70 valence electrons. The van der Waals surface area contributed by atoms with Crippen molar-refractivity contribution in [2.24, 2.45) is 0 Å². The molecule has 0 aliphatic rings. The van der Waals surface area contributed by atoms with Gasteiger partial charge in [-0.1, -0.05) is 4.65 Å². The molecule has 0 heterocycles. The monoisotopic (exact) mass is 186 g/mol. The first-order valence-corrected chi connectivity index (χ1v) is 2.80. The van der Waals surface area contributed by atoms with Crippen molar-refractivity contribution in [2.75, 3.05) is 14.1 Å². The Labute approximate surface area is 66.1 Å². The van der Waals surface area contributed by atoms with Gasteiger partial charge in [-0.05, 0) is 0 Å². The number of hydrogen-bond acceptors (Lipinski definition) is 3. The third-order valence-corrected chi connectivity index (χ3v) is 0.803. The Balaban J connectivity index is 4.29. The van der Waals surface area contributed by atoms with E-state index in [9.17, 15) is 22.8 Å². The molecule has 0 atom stereocenters. The molecule has 4 nitrogen and oxygen atoms in total. The summed E-state index contributed by atoms with van der Waals surface area (Å²) in [6.45, 7) is 0. The number of hydroxylamine groups is 3. The van der Waals surface area contributed by atoms with Crippen molar-refractivity contribution in [3.8, 4) is 0 Å². The van der Waals surface area contributed by atoms with Gasteiger partial charge in [-0.25, -0.2) is 9.59 Å². The molecule has 0 bridgehead atoms. The minimum atomic E-state index is -5.07. The zero-order chi connectivity index (χ0) is 9.99. The largest absolute Gasteiger partial charge is 0.497 e. The first-order valence-electron chi connectivity index (χ1n) is 2.80. The Morgan fingerprint density at radius 2 is 1.83 bits per heavy atom. The smallest absolute Gasteiger partial charge is 0.259 e. The van der Waals surface area contributed by atoms with E-state index in [0.29, 0.717) is 0 Å². The van der Waals surface area contributed by atoms with Gasteiger partial charge in [-0.3, -0.25) is 4.84 Å². The average Bonchev–Trinajstić information content (AvgIpc) is 1.85. The van der Waals surface area contributed by atoms with Gasteiger partial charge < -0.3 is 0 Å². The van der Waals surface area contributed by atoms with Gasteiger partial charge in [0.15, 0.2) is 0 Å². The van der Waals surface area contributed by atoms with Crippen LogP contribution < -0.4 is 0 Å². The molecule has 0 fully saturated rings. The Morgan fingerprint density at radius 3 is 2.08 bits per heavy atom. The molecule has 0 aliphatic heterocycles. The Kier molecular flexibility index (Phi) is 2.81. The van der Waals surface area contributed by atoms with Crippen LogP contribution in [-0.4, -0.2) is 37.3 Å². The summed E-state index contributed by atoms with van der Waals surface area (Å²) in [5.74, 6) is -2.39. The lowest BCUT2D eigenvalue weighted by molar-refractivity contribution is -0.988. The van der Waals surface area contributed by atoms with Crippen molar-refractivity contribution >= 4 is 12.4 Å². The maximum Gasteiger partial charge on any atom is 0.497 e. The van der Waals surface area contributed by atoms with Crippen molar-refractivity contribution in [2.45, 2.75) is 6.18 Å². The third kappa shape index (κ3) is 3.33. The average molecular weight is 186 g/mol. The third-order valence-electron chi connectivity index (χ3n) is 0.803. The lowest BCUT2D eigenvalue weighted by Gasteiger charge is -2.18. The molecule has 1 amide bonds. The molecule has 0 aromatic rings. The molecular weight excluding hydrogens is 179 g/mol. The van der Waals surface area contributed by atoms with E-state index >= 15 is 0 Å². The number of rotatable bonds is 2. The lowest BCUT2D eigenvalue weighted by atomic mass is 10.7. The quantitative estimate of drug-likeness (QED) is 0.352. The number of halogens is 3. The van der Waals surface area contributed by atoms with E-state index in [-0.39, 0.29) is 6.41 Å². The molecular formula is C5H7F3NO3+. The maximum atomic E-state index is 11.5.